The fraction of sp³-hybridized carbons (Fsp3) is 0.312. The molecule has 13 heteroatoms. The lowest BCUT2D eigenvalue weighted by Gasteiger charge is -2.08. The van der Waals surface area contributed by atoms with E-state index < -0.39 is 16.7 Å². The van der Waals surface area contributed by atoms with E-state index in [9.17, 15) is 19.7 Å². The van der Waals surface area contributed by atoms with E-state index in [0.717, 1.165) is 10.4 Å². The lowest BCUT2D eigenvalue weighted by molar-refractivity contribution is -0.392. The van der Waals surface area contributed by atoms with E-state index in [2.05, 4.69) is 25.9 Å². The summed E-state index contributed by atoms with van der Waals surface area (Å²) in [4.78, 5) is 35.5. The van der Waals surface area contributed by atoms with Gasteiger partial charge in [0.1, 0.15) is 5.69 Å². The van der Waals surface area contributed by atoms with Crippen molar-refractivity contribution >= 4 is 29.0 Å². The average Bonchev–Trinajstić information content (AvgIpc) is 3.28. The topological polar surface area (TPSA) is 155 Å². The molecule has 29 heavy (non-hydrogen) atoms. The predicted molar refractivity (Wildman–Crippen MR) is 101 cm³/mol. The summed E-state index contributed by atoms with van der Waals surface area (Å²) < 4.78 is 3.91. The first-order valence-electron chi connectivity index (χ1n) is 8.48. The minimum absolute atomic E-state index is 0.118. The number of carbonyl (C=O) groups is 2. The third-order valence-corrected chi connectivity index (χ3v) is 4.27. The Balaban J connectivity index is 1.77. The second kappa shape index (κ2) is 7.53. The zero-order chi connectivity index (χ0) is 21.3. The molecule has 0 unspecified atom stereocenters. The molecule has 0 saturated heterocycles. The quantitative estimate of drug-likeness (QED) is 0.456. The van der Waals surface area contributed by atoms with Crippen molar-refractivity contribution in [2.75, 3.05) is 10.6 Å². The van der Waals surface area contributed by atoms with Gasteiger partial charge in [0.05, 0.1) is 41.2 Å². The van der Waals surface area contributed by atoms with Crippen molar-refractivity contribution < 1.29 is 14.5 Å². The number of amides is 2. The molecule has 0 aliphatic carbocycles. The van der Waals surface area contributed by atoms with Crippen LogP contribution in [-0.2, 0) is 25.4 Å². The second-order valence-electron chi connectivity index (χ2n) is 6.36. The smallest absolute Gasteiger partial charge is 0.345 e. The first-order chi connectivity index (χ1) is 13.7. The maximum Gasteiger partial charge on any atom is 0.345 e. The molecule has 0 spiro atoms. The third-order valence-electron chi connectivity index (χ3n) is 4.27. The van der Waals surface area contributed by atoms with E-state index in [1.807, 2.05) is 0 Å². The van der Waals surface area contributed by atoms with E-state index >= 15 is 0 Å². The highest BCUT2D eigenvalue weighted by Crippen LogP contribution is 2.19. The Hall–Kier alpha value is -4.03. The lowest BCUT2D eigenvalue weighted by Crippen LogP contribution is -2.23. The average molecular weight is 401 g/mol. The number of nitrogens with one attached hydrogen (secondary N) is 2. The summed E-state index contributed by atoms with van der Waals surface area (Å²) in [7, 11) is 3.30. The summed E-state index contributed by atoms with van der Waals surface area (Å²) in [6.07, 6.45) is 2.84. The molecule has 152 valence electrons. The Labute approximate surface area is 164 Å². The molecular weight excluding hydrogens is 382 g/mol. The zero-order valence-electron chi connectivity index (χ0n) is 16.2. The van der Waals surface area contributed by atoms with Crippen molar-refractivity contribution in [1.29, 1.82) is 0 Å². The van der Waals surface area contributed by atoms with E-state index in [-0.39, 0.29) is 23.7 Å². The van der Waals surface area contributed by atoms with Crippen molar-refractivity contribution in [1.82, 2.24) is 29.3 Å². The number of aryl methyl sites for hydroxylation is 3. The highest BCUT2D eigenvalue weighted by atomic mass is 16.6. The Morgan fingerprint density at radius 1 is 1.10 bits per heavy atom. The van der Waals surface area contributed by atoms with E-state index in [1.165, 1.54) is 23.1 Å². The predicted octanol–water partition coefficient (Wildman–Crippen LogP) is 0.766. The standard InChI is InChI=1S/C16H19N9O4/c1-9-5-14(25(28)29)24(21-9)8-13(26)19-12-7-18-23(4)15(12)16(27)20-11-6-17-22(3)10(11)2/h5-7H,8H2,1-4H3,(H,19,26)(H,20,27). The van der Waals surface area contributed by atoms with E-state index in [4.69, 9.17) is 0 Å². The summed E-state index contributed by atoms with van der Waals surface area (Å²) >= 11 is 0. The summed E-state index contributed by atoms with van der Waals surface area (Å²) in [6, 6.07) is 1.27. The zero-order valence-corrected chi connectivity index (χ0v) is 16.2. The maximum atomic E-state index is 12.7. The SMILES string of the molecule is Cc1cc([N+](=O)[O-])n(CC(=O)Nc2cnn(C)c2C(=O)Nc2cnn(C)c2C)n1. The summed E-state index contributed by atoms with van der Waals surface area (Å²) in [5.74, 6) is -1.37. The summed E-state index contributed by atoms with van der Waals surface area (Å²) in [5.41, 5.74) is 1.99. The Kier molecular flexibility index (Phi) is 5.12. The van der Waals surface area contributed by atoms with Crippen LogP contribution in [0.15, 0.2) is 18.5 Å². The van der Waals surface area contributed by atoms with Crippen LogP contribution in [-0.4, -0.2) is 46.1 Å². The summed E-state index contributed by atoms with van der Waals surface area (Å²) in [6.45, 7) is 3.00. The van der Waals surface area contributed by atoms with Gasteiger partial charge in [-0.05, 0) is 18.8 Å². The molecule has 3 aromatic rings. The van der Waals surface area contributed by atoms with Crippen LogP contribution in [0.5, 0.6) is 0 Å². The van der Waals surface area contributed by atoms with Gasteiger partial charge in [0, 0.05) is 14.1 Å². The van der Waals surface area contributed by atoms with Gasteiger partial charge in [-0.15, -0.1) is 4.68 Å². The van der Waals surface area contributed by atoms with Gasteiger partial charge in [-0.1, -0.05) is 5.10 Å². The molecule has 0 radical (unpaired) electrons. The molecular formula is C16H19N9O4. The molecule has 0 aliphatic heterocycles. The van der Waals surface area contributed by atoms with Crippen LogP contribution in [0.4, 0.5) is 17.2 Å². The normalized spacial score (nSPS) is 10.8. The van der Waals surface area contributed by atoms with E-state index in [1.54, 1.807) is 32.6 Å². The van der Waals surface area contributed by atoms with Gasteiger partial charge >= 0.3 is 5.82 Å². The fourth-order valence-electron chi connectivity index (χ4n) is 2.72. The number of hydrogen-bond acceptors (Lipinski definition) is 7. The molecule has 0 atom stereocenters. The molecule has 3 aromatic heterocycles. The largest absolute Gasteiger partial charge is 0.358 e. The number of rotatable bonds is 6. The Bertz CT molecular complexity index is 1110. The lowest BCUT2D eigenvalue weighted by atomic mass is 10.3. The number of nitro groups is 1. The molecule has 13 nitrogen and oxygen atoms in total. The number of nitrogens with zero attached hydrogens (tertiary/aromatic N) is 7. The van der Waals surface area contributed by atoms with Crippen LogP contribution in [0.1, 0.15) is 21.9 Å². The van der Waals surface area contributed by atoms with Crippen molar-refractivity contribution in [3.8, 4) is 0 Å². The minimum Gasteiger partial charge on any atom is -0.358 e. The molecule has 0 aliphatic rings. The van der Waals surface area contributed by atoms with Gasteiger partial charge in [-0.2, -0.15) is 10.2 Å². The number of aromatic nitrogens is 6. The highest BCUT2D eigenvalue weighted by Gasteiger charge is 2.23. The van der Waals surface area contributed by atoms with Crippen LogP contribution in [0, 0.1) is 24.0 Å². The van der Waals surface area contributed by atoms with Crippen LogP contribution in [0.3, 0.4) is 0 Å². The van der Waals surface area contributed by atoms with Crippen molar-refractivity contribution in [3.05, 3.63) is 45.7 Å². The molecule has 0 bridgehead atoms. The first-order valence-corrected chi connectivity index (χ1v) is 8.48. The molecule has 2 amide bonds. The molecule has 3 heterocycles. The molecule has 0 saturated carbocycles. The number of carbonyl (C=O) groups excluding carboxylic acids is 2. The molecule has 3 rings (SSSR count). The second-order valence-corrected chi connectivity index (χ2v) is 6.36. The van der Waals surface area contributed by atoms with Gasteiger partial charge in [0.2, 0.25) is 0 Å². The number of anilines is 2. The van der Waals surface area contributed by atoms with Crippen molar-refractivity contribution in [2.45, 2.75) is 20.4 Å². The first kappa shape index (κ1) is 19.7. The van der Waals surface area contributed by atoms with Gasteiger partial charge < -0.3 is 20.7 Å². The van der Waals surface area contributed by atoms with E-state index in [0.29, 0.717) is 11.4 Å². The van der Waals surface area contributed by atoms with Crippen LogP contribution in [0.2, 0.25) is 0 Å². The monoisotopic (exact) mass is 401 g/mol. The van der Waals surface area contributed by atoms with Gasteiger partial charge in [-0.3, -0.25) is 19.0 Å². The van der Waals surface area contributed by atoms with Crippen LogP contribution < -0.4 is 10.6 Å². The minimum atomic E-state index is -0.619. The van der Waals surface area contributed by atoms with Crippen LogP contribution >= 0.6 is 0 Å². The highest BCUT2D eigenvalue weighted by molar-refractivity contribution is 6.09. The number of hydrogen-bond donors (Lipinski definition) is 2. The Morgan fingerprint density at radius 2 is 1.76 bits per heavy atom. The van der Waals surface area contributed by atoms with Gasteiger partial charge in [0.15, 0.2) is 6.54 Å². The fourth-order valence-corrected chi connectivity index (χ4v) is 2.72. The molecule has 0 aromatic carbocycles. The molecule has 2 N–H and O–H groups in total. The van der Waals surface area contributed by atoms with Crippen molar-refractivity contribution in [2.24, 2.45) is 14.1 Å². The third kappa shape index (κ3) is 3.97. The Morgan fingerprint density at radius 3 is 2.38 bits per heavy atom. The van der Waals surface area contributed by atoms with Crippen molar-refractivity contribution in [3.63, 3.8) is 0 Å². The van der Waals surface area contributed by atoms with Gasteiger partial charge in [-0.25, -0.2) is 0 Å². The molecule has 0 fully saturated rings. The van der Waals surface area contributed by atoms with Crippen LogP contribution in [0.25, 0.3) is 0 Å². The van der Waals surface area contributed by atoms with Gasteiger partial charge in [0.25, 0.3) is 11.8 Å². The summed E-state index contributed by atoms with van der Waals surface area (Å²) in [5, 5.41) is 28.4. The maximum absolute atomic E-state index is 12.7.